The lowest BCUT2D eigenvalue weighted by Crippen LogP contribution is -2.18. The van der Waals surface area contributed by atoms with Crippen molar-refractivity contribution >= 4 is 0 Å². The molecule has 0 saturated carbocycles. The van der Waals surface area contributed by atoms with Crippen LogP contribution in [0.15, 0.2) is 67.0 Å². The Morgan fingerprint density at radius 3 is 2.00 bits per heavy atom. The van der Waals surface area contributed by atoms with Gasteiger partial charge in [0.05, 0.1) is 12.4 Å². The van der Waals surface area contributed by atoms with Crippen LogP contribution in [-0.2, 0) is 5.41 Å². The monoisotopic (exact) mass is 315 g/mol. The summed E-state index contributed by atoms with van der Waals surface area (Å²) in [6.45, 7) is 4.40. The van der Waals surface area contributed by atoms with E-state index in [-0.39, 0.29) is 11.2 Å². The van der Waals surface area contributed by atoms with Gasteiger partial charge in [-0.05, 0) is 23.3 Å². The van der Waals surface area contributed by atoms with Crippen molar-refractivity contribution in [3.63, 3.8) is 0 Å². The second-order valence-electron chi connectivity index (χ2n) is 5.97. The quantitative estimate of drug-likeness (QED) is 0.713. The highest BCUT2D eigenvalue weighted by atomic mass is 16.5. The van der Waals surface area contributed by atoms with Crippen LogP contribution in [0.5, 0.6) is 11.5 Å². The summed E-state index contributed by atoms with van der Waals surface area (Å²) in [5.41, 5.74) is 2.38. The molecular weight excluding hydrogens is 298 g/mol. The van der Waals surface area contributed by atoms with E-state index in [2.05, 4.69) is 60.2 Å². The summed E-state index contributed by atoms with van der Waals surface area (Å²) in [5, 5.41) is 8.70. The van der Waals surface area contributed by atoms with Crippen molar-refractivity contribution < 1.29 is 4.74 Å². The van der Waals surface area contributed by atoms with E-state index in [1.54, 1.807) is 0 Å². The van der Waals surface area contributed by atoms with Crippen molar-refractivity contribution in [1.82, 2.24) is 9.97 Å². The summed E-state index contributed by atoms with van der Waals surface area (Å²) in [7, 11) is 0. The predicted molar refractivity (Wildman–Crippen MR) is 91.8 cm³/mol. The fourth-order valence-electron chi connectivity index (χ4n) is 2.52. The molecule has 0 atom stereocenters. The van der Waals surface area contributed by atoms with Crippen molar-refractivity contribution in [2.24, 2.45) is 0 Å². The lowest BCUT2D eigenvalue weighted by Gasteiger charge is -2.26. The molecule has 0 N–H and O–H groups in total. The van der Waals surface area contributed by atoms with Crippen LogP contribution in [0, 0.1) is 11.3 Å². The maximum absolute atomic E-state index is 8.70. The molecule has 2 aromatic carbocycles. The van der Waals surface area contributed by atoms with Gasteiger partial charge in [-0.15, -0.1) is 0 Å². The van der Waals surface area contributed by atoms with E-state index < -0.39 is 0 Å². The number of hydrogen-bond donors (Lipinski definition) is 0. The van der Waals surface area contributed by atoms with Crippen LogP contribution in [-0.4, -0.2) is 9.97 Å². The molecule has 0 spiro atoms. The van der Waals surface area contributed by atoms with E-state index in [1.807, 2.05) is 24.3 Å². The molecule has 1 heterocycles. The van der Waals surface area contributed by atoms with E-state index in [0.29, 0.717) is 11.5 Å². The molecule has 0 saturated heterocycles. The molecule has 0 unspecified atom stereocenters. The van der Waals surface area contributed by atoms with Gasteiger partial charge in [0.25, 0.3) is 0 Å². The van der Waals surface area contributed by atoms with Gasteiger partial charge in [0.15, 0.2) is 5.75 Å². The van der Waals surface area contributed by atoms with E-state index in [0.717, 1.165) is 0 Å². The van der Waals surface area contributed by atoms with E-state index in [1.165, 1.54) is 23.5 Å². The van der Waals surface area contributed by atoms with Crippen LogP contribution in [0.2, 0.25) is 0 Å². The zero-order chi connectivity index (χ0) is 17.0. The Kier molecular flexibility index (Phi) is 4.26. The number of rotatable bonds is 4. The Morgan fingerprint density at radius 1 is 0.833 bits per heavy atom. The SMILES string of the molecule is CC(C)(c1ccccc1)c1ccc(Oc2cnc(C#N)nc2)cc1. The number of aromatic nitrogens is 2. The van der Waals surface area contributed by atoms with E-state index in [9.17, 15) is 0 Å². The van der Waals surface area contributed by atoms with Crippen LogP contribution in [0.1, 0.15) is 30.8 Å². The maximum Gasteiger partial charge on any atom is 0.232 e. The zero-order valence-corrected chi connectivity index (χ0v) is 13.6. The highest BCUT2D eigenvalue weighted by Crippen LogP contribution is 2.32. The molecule has 0 fully saturated rings. The minimum absolute atomic E-state index is 0.0860. The molecular formula is C20H17N3O. The van der Waals surface area contributed by atoms with Gasteiger partial charge in [-0.3, -0.25) is 0 Å². The third-order valence-electron chi connectivity index (χ3n) is 4.04. The Balaban J connectivity index is 1.79. The highest BCUT2D eigenvalue weighted by Gasteiger charge is 2.22. The number of ether oxygens (including phenoxy) is 1. The standard InChI is InChI=1S/C20H17N3O/c1-20(2,15-6-4-3-5-7-15)16-8-10-17(11-9-16)24-18-13-22-19(12-21)23-14-18/h3-11,13-14H,1-2H3. The molecule has 3 aromatic rings. The number of nitrogens with zero attached hydrogens (tertiary/aromatic N) is 3. The second kappa shape index (κ2) is 6.51. The first-order valence-corrected chi connectivity index (χ1v) is 7.65. The van der Waals surface area contributed by atoms with Crippen molar-refractivity contribution in [3.8, 4) is 17.6 Å². The lowest BCUT2D eigenvalue weighted by atomic mass is 9.78. The molecule has 3 rings (SSSR count). The third-order valence-corrected chi connectivity index (χ3v) is 4.04. The molecule has 0 bridgehead atoms. The van der Waals surface area contributed by atoms with E-state index in [4.69, 9.17) is 10.00 Å². The lowest BCUT2D eigenvalue weighted by molar-refractivity contribution is 0.476. The average Bonchev–Trinajstić information content (AvgIpc) is 2.63. The van der Waals surface area contributed by atoms with Gasteiger partial charge >= 0.3 is 0 Å². The summed E-state index contributed by atoms with van der Waals surface area (Å²) in [4.78, 5) is 7.79. The number of nitriles is 1. The summed E-state index contributed by atoms with van der Waals surface area (Å²) in [6, 6.07) is 20.3. The van der Waals surface area contributed by atoms with Crippen molar-refractivity contribution in [2.45, 2.75) is 19.3 Å². The van der Waals surface area contributed by atoms with Gasteiger partial charge in [-0.2, -0.15) is 5.26 Å². The van der Waals surface area contributed by atoms with Gasteiger partial charge < -0.3 is 4.74 Å². The average molecular weight is 315 g/mol. The normalized spacial score (nSPS) is 10.9. The number of hydrogen-bond acceptors (Lipinski definition) is 4. The smallest absolute Gasteiger partial charge is 0.232 e. The third kappa shape index (κ3) is 3.26. The fraction of sp³-hybridized carbons (Fsp3) is 0.150. The maximum atomic E-state index is 8.70. The van der Waals surface area contributed by atoms with E-state index >= 15 is 0 Å². The predicted octanol–water partition coefficient (Wildman–Crippen LogP) is 4.47. The largest absolute Gasteiger partial charge is 0.454 e. The van der Waals surface area contributed by atoms with Crippen LogP contribution >= 0.6 is 0 Å². The first kappa shape index (κ1) is 15.7. The minimum Gasteiger partial charge on any atom is -0.454 e. The van der Waals surface area contributed by atoms with Crippen LogP contribution in [0.3, 0.4) is 0 Å². The molecule has 0 aliphatic carbocycles. The van der Waals surface area contributed by atoms with Gasteiger partial charge in [0.1, 0.15) is 11.8 Å². The van der Waals surface area contributed by atoms with Gasteiger partial charge in [0.2, 0.25) is 5.82 Å². The minimum atomic E-state index is -0.0860. The Hall–Kier alpha value is -3.19. The number of benzene rings is 2. The first-order chi connectivity index (χ1) is 11.6. The van der Waals surface area contributed by atoms with Gasteiger partial charge in [-0.25, -0.2) is 9.97 Å². The van der Waals surface area contributed by atoms with Crippen molar-refractivity contribution in [3.05, 3.63) is 83.9 Å². The molecule has 4 nitrogen and oxygen atoms in total. The molecule has 1 aromatic heterocycles. The zero-order valence-electron chi connectivity index (χ0n) is 13.6. The summed E-state index contributed by atoms with van der Waals surface area (Å²) >= 11 is 0. The molecule has 0 radical (unpaired) electrons. The fourth-order valence-corrected chi connectivity index (χ4v) is 2.52. The molecule has 0 aliphatic rings. The topological polar surface area (TPSA) is 58.8 Å². The van der Waals surface area contributed by atoms with Gasteiger partial charge in [0, 0.05) is 5.41 Å². The summed E-state index contributed by atoms with van der Waals surface area (Å²) < 4.78 is 5.72. The molecule has 4 heteroatoms. The van der Waals surface area contributed by atoms with Gasteiger partial charge in [-0.1, -0.05) is 56.3 Å². The molecule has 0 amide bonds. The first-order valence-electron chi connectivity index (χ1n) is 7.65. The Morgan fingerprint density at radius 2 is 1.42 bits per heavy atom. The Bertz CT molecular complexity index is 848. The molecule has 24 heavy (non-hydrogen) atoms. The molecule has 118 valence electrons. The van der Waals surface area contributed by atoms with Crippen LogP contribution < -0.4 is 4.74 Å². The molecule has 0 aliphatic heterocycles. The highest BCUT2D eigenvalue weighted by molar-refractivity contribution is 5.40. The van der Waals surface area contributed by atoms with Crippen LogP contribution in [0.25, 0.3) is 0 Å². The summed E-state index contributed by atoms with van der Waals surface area (Å²) in [5.74, 6) is 1.34. The summed E-state index contributed by atoms with van der Waals surface area (Å²) in [6.07, 6.45) is 2.99. The Labute approximate surface area is 141 Å². The van der Waals surface area contributed by atoms with Crippen LogP contribution in [0.4, 0.5) is 0 Å². The van der Waals surface area contributed by atoms with Crippen molar-refractivity contribution in [2.75, 3.05) is 0 Å². The van der Waals surface area contributed by atoms with Crippen molar-refractivity contribution in [1.29, 1.82) is 5.26 Å². The second-order valence-corrected chi connectivity index (χ2v) is 5.97.